The fourth-order valence-corrected chi connectivity index (χ4v) is 2.34. The number of esters is 2. The fourth-order valence-electron chi connectivity index (χ4n) is 2.34. The SMILES string of the molecule is CCOC(=O)C1C(C)(C)C1(C#N)C(=O)OCC. The van der Waals surface area contributed by atoms with Crippen molar-refractivity contribution in [3.8, 4) is 6.07 Å². The lowest BCUT2D eigenvalue weighted by Crippen LogP contribution is -2.24. The highest BCUT2D eigenvalue weighted by Crippen LogP contribution is 2.69. The third-order valence-corrected chi connectivity index (χ3v) is 3.38. The first-order valence-corrected chi connectivity index (χ1v) is 5.65. The summed E-state index contributed by atoms with van der Waals surface area (Å²) in [5.41, 5.74) is -2.13. The van der Waals surface area contributed by atoms with Crippen LogP contribution in [0.4, 0.5) is 0 Å². The minimum atomic E-state index is -1.39. The molecular weight excluding hydrogens is 222 g/mol. The quantitative estimate of drug-likeness (QED) is 0.691. The number of nitriles is 1. The van der Waals surface area contributed by atoms with Crippen LogP contribution in [0.15, 0.2) is 0 Å². The van der Waals surface area contributed by atoms with Crippen molar-refractivity contribution in [1.29, 1.82) is 5.26 Å². The number of carbonyl (C=O) groups excluding carboxylic acids is 2. The topological polar surface area (TPSA) is 76.4 Å². The summed E-state index contributed by atoms with van der Waals surface area (Å²) in [6.45, 7) is 7.18. The van der Waals surface area contributed by atoms with Crippen LogP contribution >= 0.6 is 0 Å². The summed E-state index contributed by atoms with van der Waals surface area (Å²) in [4.78, 5) is 23.6. The van der Waals surface area contributed by atoms with Gasteiger partial charge in [-0.3, -0.25) is 9.59 Å². The second kappa shape index (κ2) is 4.36. The molecule has 5 heteroatoms. The van der Waals surface area contributed by atoms with E-state index >= 15 is 0 Å². The van der Waals surface area contributed by atoms with Gasteiger partial charge in [0.25, 0.3) is 0 Å². The van der Waals surface area contributed by atoms with Crippen LogP contribution in [0.5, 0.6) is 0 Å². The van der Waals surface area contributed by atoms with Crippen molar-refractivity contribution in [2.24, 2.45) is 16.7 Å². The Morgan fingerprint density at radius 3 is 2.18 bits per heavy atom. The number of carbonyl (C=O) groups is 2. The van der Waals surface area contributed by atoms with E-state index in [1.165, 1.54) is 0 Å². The molecule has 0 aliphatic heterocycles. The molecule has 0 bridgehead atoms. The Bertz CT molecular complexity index is 382. The third kappa shape index (κ3) is 1.68. The van der Waals surface area contributed by atoms with Crippen molar-refractivity contribution in [2.75, 3.05) is 13.2 Å². The zero-order chi connectivity index (χ0) is 13.3. The minimum absolute atomic E-state index is 0.188. The van der Waals surface area contributed by atoms with Gasteiger partial charge in [0.15, 0.2) is 5.41 Å². The molecule has 0 aromatic rings. The molecule has 1 fully saturated rings. The molecule has 94 valence electrons. The molecule has 17 heavy (non-hydrogen) atoms. The molecule has 2 unspecified atom stereocenters. The largest absolute Gasteiger partial charge is 0.466 e. The molecular formula is C12H17NO4. The van der Waals surface area contributed by atoms with E-state index in [4.69, 9.17) is 9.47 Å². The van der Waals surface area contributed by atoms with Crippen LogP contribution in [0.3, 0.4) is 0 Å². The highest BCUT2D eigenvalue weighted by molar-refractivity contribution is 5.96. The summed E-state index contributed by atoms with van der Waals surface area (Å²) in [5.74, 6) is -1.88. The molecule has 5 nitrogen and oxygen atoms in total. The molecule has 0 heterocycles. The van der Waals surface area contributed by atoms with Gasteiger partial charge in [-0.2, -0.15) is 5.26 Å². The highest BCUT2D eigenvalue weighted by atomic mass is 16.5. The van der Waals surface area contributed by atoms with E-state index in [9.17, 15) is 14.9 Å². The van der Waals surface area contributed by atoms with Gasteiger partial charge in [-0.15, -0.1) is 0 Å². The highest BCUT2D eigenvalue weighted by Gasteiger charge is 2.81. The van der Waals surface area contributed by atoms with Crippen LogP contribution in [0.2, 0.25) is 0 Å². The van der Waals surface area contributed by atoms with Crippen LogP contribution in [0.1, 0.15) is 27.7 Å². The number of rotatable bonds is 4. The summed E-state index contributed by atoms with van der Waals surface area (Å²) in [6.07, 6.45) is 0. The number of ether oxygens (including phenoxy) is 2. The van der Waals surface area contributed by atoms with Gasteiger partial charge in [-0.25, -0.2) is 0 Å². The monoisotopic (exact) mass is 239 g/mol. The Balaban J connectivity index is 3.00. The van der Waals surface area contributed by atoms with Crippen molar-refractivity contribution >= 4 is 11.9 Å². The Kier molecular flexibility index (Phi) is 3.46. The summed E-state index contributed by atoms with van der Waals surface area (Å²) < 4.78 is 9.77. The van der Waals surface area contributed by atoms with Crippen molar-refractivity contribution in [2.45, 2.75) is 27.7 Å². The molecule has 0 aromatic heterocycles. The molecule has 0 radical (unpaired) electrons. The van der Waals surface area contributed by atoms with E-state index < -0.39 is 28.7 Å². The summed E-state index contributed by atoms with van der Waals surface area (Å²) in [7, 11) is 0. The molecule has 0 saturated heterocycles. The second-order valence-electron chi connectivity index (χ2n) is 4.55. The predicted molar refractivity (Wildman–Crippen MR) is 58.6 cm³/mol. The number of hydrogen-bond donors (Lipinski definition) is 0. The Morgan fingerprint density at radius 2 is 1.76 bits per heavy atom. The fraction of sp³-hybridized carbons (Fsp3) is 0.750. The summed E-state index contributed by atoms with van der Waals surface area (Å²) >= 11 is 0. The van der Waals surface area contributed by atoms with Gasteiger partial charge >= 0.3 is 11.9 Å². The first kappa shape index (κ1) is 13.5. The molecule has 1 aliphatic rings. The van der Waals surface area contributed by atoms with Crippen LogP contribution in [-0.2, 0) is 19.1 Å². The number of nitrogens with zero attached hydrogens (tertiary/aromatic N) is 1. The van der Waals surface area contributed by atoms with Crippen molar-refractivity contribution < 1.29 is 19.1 Å². The predicted octanol–water partition coefficient (Wildman–Crippen LogP) is 1.28. The lowest BCUT2D eigenvalue weighted by atomic mass is 9.98. The van der Waals surface area contributed by atoms with E-state index in [1.807, 2.05) is 6.07 Å². The lowest BCUT2D eigenvalue weighted by Gasteiger charge is -2.09. The molecule has 1 aliphatic carbocycles. The Morgan fingerprint density at radius 1 is 1.24 bits per heavy atom. The normalized spacial score (nSPS) is 29.0. The first-order chi connectivity index (χ1) is 7.90. The molecule has 0 spiro atoms. The second-order valence-corrected chi connectivity index (χ2v) is 4.55. The van der Waals surface area contributed by atoms with E-state index in [2.05, 4.69) is 0 Å². The Hall–Kier alpha value is -1.57. The Labute approximate surface area is 101 Å². The first-order valence-electron chi connectivity index (χ1n) is 5.65. The average Bonchev–Trinajstić information content (AvgIpc) is 2.77. The maximum atomic E-state index is 11.8. The van der Waals surface area contributed by atoms with E-state index in [0.717, 1.165) is 0 Å². The van der Waals surface area contributed by atoms with Crippen molar-refractivity contribution in [1.82, 2.24) is 0 Å². The maximum Gasteiger partial charge on any atom is 0.327 e. The van der Waals surface area contributed by atoms with Crippen LogP contribution < -0.4 is 0 Å². The van der Waals surface area contributed by atoms with Gasteiger partial charge in [0.1, 0.15) is 0 Å². The maximum absolute atomic E-state index is 11.8. The van der Waals surface area contributed by atoms with Gasteiger partial charge in [-0.05, 0) is 13.8 Å². The van der Waals surface area contributed by atoms with Gasteiger partial charge in [0, 0.05) is 5.41 Å². The third-order valence-electron chi connectivity index (χ3n) is 3.38. The van der Waals surface area contributed by atoms with Crippen molar-refractivity contribution in [3.63, 3.8) is 0 Å². The standard InChI is InChI=1S/C12H17NO4/c1-5-16-9(14)8-11(3,4)12(8,7-13)10(15)17-6-2/h8H,5-6H2,1-4H3. The van der Waals surface area contributed by atoms with Crippen LogP contribution in [0, 0.1) is 28.1 Å². The van der Waals surface area contributed by atoms with Crippen LogP contribution in [-0.4, -0.2) is 25.2 Å². The molecule has 2 atom stereocenters. The van der Waals surface area contributed by atoms with Gasteiger partial charge in [0.2, 0.25) is 0 Å². The van der Waals surface area contributed by atoms with Crippen LogP contribution in [0.25, 0.3) is 0 Å². The zero-order valence-electron chi connectivity index (χ0n) is 10.6. The molecule has 1 rings (SSSR count). The molecule has 0 aromatic carbocycles. The minimum Gasteiger partial charge on any atom is -0.466 e. The number of hydrogen-bond acceptors (Lipinski definition) is 5. The van der Waals surface area contributed by atoms with E-state index in [-0.39, 0.29) is 13.2 Å². The average molecular weight is 239 g/mol. The molecule has 0 N–H and O–H groups in total. The van der Waals surface area contributed by atoms with E-state index in [0.29, 0.717) is 0 Å². The molecule has 0 amide bonds. The summed E-state index contributed by atoms with van der Waals surface area (Å²) in [6, 6.07) is 1.94. The summed E-state index contributed by atoms with van der Waals surface area (Å²) in [5, 5.41) is 9.22. The van der Waals surface area contributed by atoms with Crippen molar-refractivity contribution in [3.05, 3.63) is 0 Å². The lowest BCUT2D eigenvalue weighted by molar-refractivity contribution is -0.153. The van der Waals surface area contributed by atoms with Gasteiger partial charge < -0.3 is 9.47 Å². The van der Waals surface area contributed by atoms with Gasteiger partial charge in [-0.1, -0.05) is 13.8 Å². The zero-order valence-corrected chi connectivity index (χ0v) is 10.6. The molecule has 1 saturated carbocycles. The van der Waals surface area contributed by atoms with Gasteiger partial charge in [0.05, 0.1) is 25.2 Å². The smallest absolute Gasteiger partial charge is 0.327 e. The van der Waals surface area contributed by atoms with E-state index in [1.54, 1.807) is 27.7 Å².